The van der Waals surface area contributed by atoms with Gasteiger partial charge in [-0.05, 0) is 19.1 Å². The first-order chi connectivity index (χ1) is 8.66. The molecule has 0 aliphatic heterocycles. The van der Waals surface area contributed by atoms with Crippen LogP contribution >= 0.6 is 0 Å². The van der Waals surface area contributed by atoms with Gasteiger partial charge in [0.1, 0.15) is 11.3 Å². The average molecular weight is 238 g/mol. The second-order valence-electron chi connectivity index (χ2n) is 4.51. The van der Waals surface area contributed by atoms with E-state index in [1.165, 1.54) is 5.56 Å². The molecule has 0 bridgehead atoms. The van der Waals surface area contributed by atoms with Crippen molar-refractivity contribution < 1.29 is 5.11 Å². The molecule has 1 N–H and O–H groups in total. The number of aromatic hydroxyl groups is 1. The van der Waals surface area contributed by atoms with Gasteiger partial charge >= 0.3 is 0 Å². The maximum Gasteiger partial charge on any atom is 0.143 e. The Hall–Kier alpha value is -2.29. The molecule has 0 saturated carbocycles. The van der Waals surface area contributed by atoms with Gasteiger partial charge in [-0.15, -0.1) is 0 Å². The van der Waals surface area contributed by atoms with E-state index < -0.39 is 0 Å². The van der Waals surface area contributed by atoms with Gasteiger partial charge in [0, 0.05) is 18.0 Å². The number of nitrogens with zero attached hydrogens (tertiary/aromatic N) is 2. The van der Waals surface area contributed by atoms with Crippen LogP contribution in [0, 0.1) is 6.92 Å². The first kappa shape index (κ1) is 10.8. The third-order valence-electron chi connectivity index (χ3n) is 3.13. The summed E-state index contributed by atoms with van der Waals surface area (Å²) >= 11 is 0. The van der Waals surface area contributed by atoms with Crippen molar-refractivity contribution in [1.29, 1.82) is 0 Å². The summed E-state index contributed by atoms with van der Waals surface area (Å²) in [7, 11) is 1.90. The van der Waals surface area contributed by atoms with Gasteiger partial charge in [-0.1, -0.05) is 35.9 Å². The summed E-state index contributed by atoms with van der Waals surface area (Å²) in [6, 6.07) is 13.8. The molecule has 3 nitrogen and oxygen atoms in total. The van der Waals surface area contributed by atoms with Crippen LogP contribution in [-0.4, -0.2) is 14.9 Å². The number of phenols is 1. The molecule has 0 spiro atoms. The van der Waals surface area contributed by atoms with E-state index in [1.54, 1.807) is 6.07 Å². The number of fused-ring (bicyclic) bond motifs is 1. The number of rotatable bonds is 1. The molecule has 90 valence electrons. The number of aryl methyl sites for hydroxylation is 2. The van der Waals surface area contributed by atoms with Crippen molar-refractivity contribution in [3.8, 4) is 17.0 Å². The van der Waals surface area contributed by atoms with E-state index in [0.29, 0.717) is 5.52 Å². The third-order valence-corrected chi connectivity index (χ3v) is 3.13. The highest BCUT2D eigenvalue weighted by Crippen LogP contribution is 2.32. The summed E-state index contributed by atoms with van der Waals surface area (Å²) in [5, 5.41) is 15.2. The first-order valence-corrected chi connectivity index (χ1v) is 5.88. The Kier molecular flexibility index (Phi) is 2.33. The summed E-state index contributed by atoms with van der Waals surface area (Å²) in [5.74, 6) is 0.224. The fourth-order valence-electron chi connectivity index (χ4n) is 2.34. The van der Waals surface area contributed by atoms with E-state index >= 15 is 0 Å². The lowest BCUT2D eigenvalue weighted by molar-refractivity contribution is 0.479. The lowest BCUT2D eigenvalue weighted by Crippen LogP contribution is -1.93. The highest BCUT2D eigenvalue weighted by Gasteiger charge is 2.13. The van der Waals surface area contributed by atoms with Crippen molar-refractivity contribution in [3.63, 3.8) is 0 Å². The van der Waals surface area contributed by atoms with Crippen molar-refractivity contribution in [1.82, 2.24) is 9.78 Å². The molecule has 2 aromatic carbocycles. The number of hydrogen-bond donors (Lipinski definition) is 1. The molecule has 0 aliphatic rings. The van der Waals surface area contributed by atoms with Crippen molar-refractivity contribution in [2.75, 3.05) is 0 Å². The third kappa shape index (κ3) is 1.56. The van der Waals surface area contributed by atoms with Crippen LogP contribution < -0.4 is 0 Å². The predicted octanol–water partition coefficient (Wildman–Crippen LogP) is 3.25. The van der Waals surface area contributed by atoms with E-state index in [1.807, 2.05) is 29.9 Å². The quantitative estimate of drug-likeness (QED) is 0.706. The van der Waals surface area contributed by atoms with E-state index in [-0.39, 0.29) is 5.75 Å². The van der Waals surface area contributed by atoms with Gasteiger partial charge in [0.05, 0.1) is 5.69 Å². The van der Waals surface area contributed by atoms with Gasteiger partial charge < -0.3 is 5.11 Å². The lowest BCUT2D eigenvalue weighted by Gasteiger charge is -2.04. The molecule has 18 heavy (non-hydrogen) atoms. The Labute approximate surface area is 105 Å². The smallest absolute Gasteiger partial charge is 0.143 e. The number of aromatic nitrogens is 2. The van der Waals surface area contributed by atoms with E-state index in [9.17, 15) is 5.11 Å². The minimum atomic E-state index is 0.224. The second-order valence-corrected chi connectivity index (χ2v) is 4.51. The van der Waals surface area contributed by atoms with Gasteiger partial charge in [0.2, 0.25) is 0 Å². The van der Waals surface area contributed by atoms with Crippen molar-refractivity contribution in [2.24, 2.45) is 7.05 Å². The second kappa shape index (κ2) is 3.88. The Morgan fingerprint density at radius 1 is 1.11 bits per heavy atom. The Morgan fingerprint density at radius 3 is 2.67 bits per heavy atom. The molecule has 3 rings (SSSR count). The van der Waals surface area contributed by atoms with Gasteiger partial charge in [-0.3, -0.25) is 4.68 Å². The molecule has 3 heteroatoms. The summed E-state index contributed by atoms with van der Waals surface area (Å²) in [6.07, 6.45) is 0. The maximum absolute atomic E-state index is 9.83. The zero-order chi connectivity index (χ0) is 12.7. The van der Waals surface area contributed by atoms with Crippen LogP contribution in [0.1, 0.15) is 5.56 Å². The lowest BCUT2D eigenvalue weighted by atomic mass is 10.1. The summed E-state index contributed by atoms with van der Waals surface area (Å²) < 4.78 is 1.82. The number of benzene rings is 2. The largest absolute Gasteiger partial charge is 0.506 e. The SMILES string of the molecule is Cc1cccc(-c2c3cccc(O)c3nn2C)c1. The first-order valence-electron chi connectivity index (χ1n) is 5.88. The topological polar surface area (TPSA) is 38.1 Å². The number of phenolic OH excluding ortho intramolecular Hbond substituents is 1. The molecule has 3 aromatic rings. The molecule has 1 aromatic heterocycles. The van der Waals surface area contributed by atoms with Crippen LogP contribution in [-0.2, 0) is 7.05 Å². The van der Waals surface area contributed by atoms with Gasteiger partial charge in [0.15, 0.2) is 0 Å². The van der Waals surface area contributed by atoms with Crippen LogP contribution in [0.2, 0.25) is 0 Å². The summed E-state index contributed by atoms with van der Waals surface area (Å²) in [6.45, 7) is 2.07. The van der Waals surface area contributed by atoms with E-state index in [0.717, 1.165) is 16.6 Å². The zero-order valence-corrected chi connectivity index (χ0v) is 10.4. The highest BCUT2D eigenvalue weighted by atomic mass is 16.3. The van der Waals surface area contributed by atoms with Gasteiger partial charge in [-0.25, -0.2) is 0 Å². The molecular weight excluding hydrogens is 224 g/mol. The maximum atomic E-state index is 9.83. The molecule has 0 saturated heterocycles. The molecule has 1 heterocycles. The molecule has 0 fully saturated rings. The molecule has 0 aliphatic carbocycles. The minimum Gasteiger partial charge on any atom is -0.506 e. The summed E-state index contributed by atoms with van der Waals surface area (Å²) in [4.78, 5) is 0. The molecule has 0 unspecified atom stereocenters. The fourth-order valence-corrected chi connectivity index (χ4v) is 2.34. The highest BCUT2D eigenvalue weighted by molar-refractivity contribution is 5.96. The monoisotopic (exact) mass is 238 g/mol. The Morgan fingerprint density at radius 2 is 1.89 bits per heavy atom. The van der Waals surface area contributed by atoms with Crippen LogP contribution in [0.5, 0.6) is 5.75 Å². The molecule has 0 amide bonds. The van der Waals surface area contributed by atoms with Crippen LogP contribution in [0.15, 0.2) is 42.5 Å². The van der Waals surface area contributed by atoms with Crippen LogP contribution in [0.4, 0.5) is 0 Å². The van der Waals surface area contributed by atoms with Gasteiger partial charge in [-0.2, -0.15) is 5.10 Å². The van der Waals surface area contributed by atoms with Crippen molar-refractivity contribution in [3.05, 3.63) is 48.0 Å². The average Bonchev–Trinajstić information content (AvgIpc) is 2.67. The predicted molar refractivity (Wildman–Crippen MR) is 72.6 cm³/mol. The van der Waals surface area contributed by atoms with Crippen molar-refractivity contribution >= 4 is 10.9 Å². The Bertz CT molecular complexity index is 728. The van der Waals surface area contributed by atoms with E-state index in [2.05, 4.69) is 30.2 Å². The molecule has 0 atom stereocenters. The molecular formula is C15H14N2O. The summed E-state index contributed by atoms with van der Waals surface area (Å²) in [5.41, 5.74) is 4.01. The van der Waals surface area contributed by atoms with Crippen molar-refractivity contribution in [2.45, 2.75) is 6.92 Å². The van der Waals surface area contributed by atoms with Crippen LogP contribution in [0.25, 0.3) is 22.2 Å². The van der Waals surface area contributed by atoms with Gasteiger partial charge in [0.25, 0.3) is 0 Å². The van der Waals surface area contributed by atoms with E-state index in [4.69, 9.17) is 0 Å². The number of hydrogen-bond acceptors (Lipinski definition) is 2. The minimum absolute atomic E-state index is 0.224. The zero-order valence-electron chi connectivity index (χ0n) is 10.4. The fraction of sp³-hybridized carbons (Fsp3) is 0.133. The standard InChI is InChI=1S/C15H14N2O/c1-10-5-3-6-11(9-10)15-12-7-4-8-13(18)14(12)16-17(15)2/h3-9,18H,1-2H3. The molecule has 0 radical (unpaired) electrons. The van der Waals surface area contributed by atoms with Crippen LogP contribution in [0.3, 0.4) is 0 Å². The normalized spacial score (nSPS) is 11.0. The Balaban J connectivity index is 2.36.